The Hall–Kier alpha value is -2.29. The van der Waals surface area contributed by atoms with E-state index in [-0.39, 0.29) is 35.5 Å². The molecule has 1 N–H and O–H groups in total. The van der Waals surface area contributed by atoms with Gasteiger partial charge in [-0.1, -0.05) is 68.8 Å². The Labute approximate surface area is 240 Å². The van der Waals surface area contributed by atoms with Crippen LogP contribution >= 0.6 is 23.4 Å². The number of hydrogen-bond donors (Lipinski definition) is 1. The van der Waals surface area contributed by atoms with E-state index in [4.69, 9.17) is 11.6 Å². The monoisotopic (exact) mass is 571 g/mol. The molecule has 9 heteroatoms. The lowest BCUT2D eigenvalue weighted by molar-refractivity contribution is -0.144. The number of fused-ring (bicyclic) bond motifs is 2. The standard InChI is InChI=1S/C30H38ClN3O4S/c1-5-13-32-14-7-11-22-23(27(32)36)24-28(37)34(20(17-35)16-18(2)3)26-29(38)33(15-8-12-30(24,26)39-22)25-19(4)9-6-10-21(25)31/h6-12,18,20,22-24,26,35H,5,13-17H2,1-4H3/t20-,22-,23+,24+,26?,30+/m1/s1. The number of benzene rings is 1. The van der Waals surface area contributed by atoms with E-state index in [0.717, 1.165) is 12.0 Å². The zero-order valence-corrected chi connectivity index (χ0v) is 24.6. The van der Waals surface area contributed by atoms with Gasteiger partial charge in [-0.2, -0.15) is 0 Å². The van der Waals surface area contributed by atoms with Crippen LogP contribution < -0.4 is 4.90 Å². The van der Waals surface area contributed by atoms with Crippen LogP contribution in [-0.4, -0.2) is 80.9 Å². The minimum atomic E-state index is -0.924. The van der Waals surface area contributed by atoms with Crippen molar-refractivity contribution in [1.29, 1.82) is 0 Å². The number of anilines is 1. The molecule has 0 aliphatic carbocycles. The summed E-state index contributed by atoms with van der Waals surface area (Å²) in [5, 5.41) is 10.8. The van der Waals surface area contributed by atoms with E-state index in [1.165, 1.54) is 0 Å². The number of likely N-dealkylation sites (tertiary alicyclic amines) is 1. The van der Waals surface area contributed by atoms with Crippen molar-refractivity contribution in [3.8, 4) is 0 Å². The van der Waals surface area contributed by atoms with Crippen molar-refractivity contribution in [1.82, 2.24) is 9.80 Å². The molecule has 1 aromatic rings. The number of carbonyl (C=O) groups is 3. The number of para-hydroxylation sites is 1. The number of halogens is 1. The highest BCUT2D eigenvalue weighted by Crippen LogP contribution is 2.61. The number of rotatable bonds is 7. The first-order chi connectivity index (χ1) is 18.7. The third-order valence-electron chi connectivity index (χ3n) is 8.48. The normalized spacial score (nSPS) is 30.9. The summed E-state index contributed by atoms with van der Waals surface area (Å²) in [6.07, 6.45) is 9.43. The quantitative estimate of drug-likeness (QED) is 0.499. The molecule has 1 spiro atoms. The number of hydrogen-bond acceptors (Lipinski definition) is 5. The first kappa shape index (κ1) is 28.2. The fraction of sp³-hybridized carbons (Fsp3) is 0.567. The SMILES string of the molecule is CCCN1CC=C[C@H]2S[C@]34C=CCN(c5c(C)cccc5Cl)C(=O)C3N([C@@H](CO)CC(C)C)C(=O)[C@@H]4[C@H]2C1=O. The van der Waals surface area contributed by atoms with Crippen molar-refractivity contribution in [2.45, 2.75) is 62.6 Å². The van der Waals surface area contributed by atoms with Crippen molar-refractivity contribution in [2.75, 3.05) is 31.1 Å². The number of thioether (sulfide) groups is 1. The summed E-state index contributed by atoms with van der Waals surface area (Å²) in [6.45, 7) is 9.26. The van der Waals surface area contributed by atoms with Crippen LogP contribution in [0.4, 0.5) is 5.69 Å². The molecule has 4 aliphatic heterocycles. The molecule has 3 amide bonds. The third-order valence-corrected chi connectivity index (χ3v) is 10.5. The second kappa shape index (κ2) is 10.9. The largest absolute Gasteiger partial charge is 0.394 e. The number of carbonyl (C=O) groups excluding carboxylic acids is 3. The Kier molecular flexibility index (Phi) is 7.92. The first-order valence-corrected chi connectivity index (χ1v) is 15.2. The van der Waals surface area contributed by atoms with Gasteiger partial charge in [0.25, 0.3) is 5.91 Å². The molecule has 2 fully saturated rings. The van der Waals surface area contributed by atoms with Crippen LogP contribution in [0.1, 0.15) is 39.2 Å². The van der Waals surface area contributed by atoms with Crippen LogP contribution in [0.25, 0.3) is 0 Å². The van der Waals surface area contributed by atoms with Gasteiger partial charge in [-0.05, 0) is 37.3 Å². The zero-order valence-electron chi connectivity index (χ0n) is 23.0. The van der Waals surface area contributed by atoms with Crippen LogP contribution in [0.3, 0.4) is 0 Å². The number of aliphatic hydroxyl groups excluding tert-OH is 1. The summed E-state index contributed by atoms with van der Waals surface area (Å²) in [4.78, 5) is 48.3. The molecule has 0 bridgehead atoms. The Balaban J connectivity index is 1.66. The van der Waals surface area contributed by atoms with Crippen LogP contribution in [0.2, 0.25) is 5.02 Å². The van der Waals surface area contributed by atoms with Gasteiger partial charge >= 0.3 is 0 Å². The second-order valence-electron chi connectivity index (χ2n) is 11.5. The average Bonchev–Trinajstić information content (AvgIpc) is 3.21. The average molecular weight is 572 g/mol. The molecule has 5 rings (SSSR count). The summed E-state index contributed by atoms with van der Waals surface area (Å²) >= 11 is 8.20. The zero-order chi connectivity index (χ0) is 28.1. The Morgan fingerprint density at radius 2 is 1.90 bits per heavy atom. The smallest absolute Gasteiger partial charge is 0.251 e. The Morgan fingerprint density at radius 1 is 1.13 bits per heavy atom. The molecule has 7 nitrogen and oxygen atoms in total. The van der Waals surface area contributed by atoms with E-state index < -0.39 is 28.7 Å². The molecule has 1 unspecified atom stereocenters. The Bertz CT molecular complexity index is 1200. The van der Waals surface area contributed by atoms with Crippen molar-refractivity contribution < 1.29 is 19.5 Å². The molecular formula is C30H38ClN3O4S. The molecule has 6 atom stereocenters. The molecule has 4 heterocycles. The van der Waals surface area contributed by atoms with E-state index in [1.807, 2.05) is 63.0 Å². The lowest BCUT2D eigenvalue weighted by atomic mass is 9.78. The molecule has 0 saturated carbocycles. The van der Waals surface area contributed by atoms with Crippen LogP contribution in [-0.2, 0) is 14.4 Å². The lowest BCUT2D eigenvalue weighted by Gasteiger charge is -2.39. The topological polar surface area (TPSA) is 81.2 Å². The maximum Gasteiger partial charge on any atom is 0.251 e. The molecule has 4 aliphatic rings. The number of amides is 3. The van der Waals surface area contributed by atoms with Gasteiger partial charge in [-0.3, -0.25) is 14.4 Å². The minimum absolute atomic E-state index is 0.0246. The van der Waals surface area contributed by atoms with E-state index in [0.29, 0.717) is 36.8 Å². The fourth-order valence-electron chi connectivity index (χ4n) is 6.98. The van der Waals surface area contributed by atoms with Gasteiger partial charge in [-0.15, -0.1) is 11.8 Å². The van der Waals surface area contributed by atoms with Gasteiger partial charge in [0.15, 0.2) is 0 Å². The van der Waals surface area contributed by atoms with E-state index >= 15 is 0 Å². The molecule has 1 aromatic carbocycles. The maximum absolute atomic E-state index is 14.7. The highest BCUT2D eigenvalue weighted by molar-refractivity contribution is 8.02. The summed E-state index contributed by atoms with van der Waals surface area (Å²) in [7, 11) is 0. The highest BCUT2D eigenvalue weighted by Gasteiger charge is 2.71. The van der Waals surface area contributed by atoms with Crippen molar-refractivity contribution in [3.63, 3.8) is 0 Å². The maximum atomic E-state index is 14.7. The molecule has 0 radical (unpaired) electrons. The third kappa shape index (κ3) is 4.52. The van der Waals surface area contributed by atoms with Gasteiger partial charge in [0.05, 0.1) is 39.9 Å². The van der Waals surface area contributed by atoms with E-state index in [9.17, 15) is 19.5 Å². The van der Waals surface area contributed by atoms with Gasteiger partial charge < -0.3 is 19.8 Å². The predicted octanol–water partition coefficient (Wildman–Crippen LogP) is 4.06. The molecule has 2 saturated heterocycles. The molecule has 39 heavy (non-hydrogen) atoms. The fourth-order valence-corrected chi connectivity index (χ4v) is 9.30. The van der Waals surface area contributed by atoms with Crippen molar-refractivity contribution in [2.24, 2.45) is 17.8 Å². The number of aliphatic hydroxyl groups is 1. The molecular weight excluding hydrogens is 534 g/mol. The van der Waals surface area contributed by atoms with Gasteiger partial charge in [0, 0.05) is 24.9 Å². The number of nitrogens with zero attached hydrogens (tertiary/aromatic N) is 3. The second-order valence-corrected chi connectivity index (χ2v) is 13.4. The number of aryl methyl sites for hydroxylation is 1. The van der Waals surface area contributed by atoms with Gasteiger partial charge in [0.2, 0.25) is 11.8 Å². The van der Waals surface area contributed by atoms with Crippen LogP contribution in [0.15, 0.2) is 42.5 Å². The van der Waals surface area contributed by atoms with Crippen molar-refractivity contribution >= 4 is 46.8 Å². The molecule has 210 valence electrons. The summed E-state index contributed by atoms with van der Waals surface area (Å²) in [5.41, 5.74) is 1.50. The van der Waals surface area contributed by atoms with E-state index in [2.05, 4.69) is 6.08 Å². The van der Waals surface area contributed by atoms with Crippen molar-refractivity contribution in [3.05, 3.63) is 53.1 Å². The highest BCUT2D eigenvalue weighted by atomic mass is 35.5. The predicted molar refractivity (Wildman–Crippen MR) is 156 cm³/mol. The lowest BCUT2D eigenvalue weighted by Crippen LogP contribution is -2.57. The minimum Gasteiger partial charge on any atom is -0.394 e. The van der Waals surface area contributed by atoms with E-state index in [1.54, 1.807) is 27.6 Å². The molecule has 0 aromatic heterocycles. The first-order valence-electron chi connectivity index (χ1n) is 14.0. The summed E-state index contributed by atoms with van der Waals surface area (Å²) < 4.78 is -0.924. The summed E-state index contributed by atoms with van der Waals surface area (Å²) in [6, 6.07) is 4.15. The van der Waals surface area contributed by atoms with Gasteiger partial charge in [0.1, 0.15) is 6.04 Å². The van der Waals surface area contributed by atoms with Gasteiger partial charge in [-0.25, -0.2) is 0 Å². The Morgan fingerprint density at radius 3 is 2.56 bits per heavy atom. The van der Waals surface area contributed by atoms with Crippen LogP contribution in [0.5, 0.6) is 0 Å². The summed E-state index contributed by atoms with van der Waals surface area (Å²) in [5.74, 6) is -1.52. The van der Waals surface area contributed by atoms with Crippen LogP contribution in [0, 0.1) is 24.7 Å².